The maximum Gasteiger partial charge on any atom is 0.251 e. The van der Waals surface area contributed by atoms with E-state index in [1.807, 2.05) is 11.8 Å². The van der Waals surface area contributed by atoms with E-state index >= 15 is 0 Å². The number of amides is 1. The van der Waals surface area contributed by atoms with E-state index in [0.29, 0.717) is 6.61 Å². The number of ether oxygens (including phenoxy) is 1. The van der Waals surface area contributed by atoms with Gasteiger partial charge in [0.05, 0.1) is 5.39 Å². The molecule has 0 saturated carbocycles. The zero-order valence-electron chi connectivity index (χ0n) is 14.8. The average molecular weight is 360 g/mol. The minimum atomic E-state index is -0.219. The molecule has 2 aromatic heterocycles. The normalized spacial score (nSPS) is 21.3. The number of anilines is 1. The lowest BCUT2D eigenvalue weighted by Crippen LogP contribution is -2.51. The first-order chi connectivity index (χ1) is 12.2. The maximum absolute atomic E-state index is 12.5. The lowest BCUT2D eigenvalue weighted by Gasteiger charge is -2.36. The Morgan fingerprint density at radius 2 is 2.12 bits per heavy atom. The first-order valence-corrected chi connectivity index (χ1v) is 9.89. The van der Waals surface area contributed by atoms with E-state index in [0.717, 1.165) is 67.3 Å². The van der Waals surface area contributed by atoms with E-state index in [4.69, 9.17) is 9.72 Å². The van der Waals surface area contributed by atoms with Crippen molar-refractivity contribution < 1.29 is 9.53 Å². The van der Waals surface area contributed by atoms with Gasteiger partial charge in [0.2, 0.25) is 0 Å². The second kappa shape index (κ2) is 6.88. The van der Waals surface area contributed by atoms with Crippen LogP contribution in [-0.2, 0) is 16.0 Å². The minimum Gasteiger partial charge on any atom is -0.368 e. The van der Waals surface area contributed by atoms with Crippen molar-refractivity contribution >= 4 is 33.3 Å². The van der Waals surface area contributed by atoms with Gasteiger partial charge < -0.3 is 14.5 Å². The van der Waals surface area contributed by atoms with Crippen molar-refractivity contribution in [3.8, 4) is 0 Å². The quantitative estimate of drug-likeness (QED) is 0.841. The SMILES string of the molecule is CCc1cc2c(N3CCN(C(=O)C4CCCO4)CC3)nc(C)nc2s1. The molecule has 7 heteroatoms. The van der Waals surface area contributed by atoms with Crippen molar-refractivity contribution in [1.29, 1.82) is 0 Å². The fourth-order valence-corrected chi connectivity index (χ4v) is 4.60. The molecular weight excluding hydrogens is 336 g/mol. The monoisotopic (exact) mass is 360 g/mol. The Labute approximate surface area is 151 Å². The van der Waals surface area contributed by atoms with Crippen LogP contribution < -0.4 is 4.90 Å². The van der Waals surface area contributed by atoms with E-state index in [9.17, 15) is 4.79 Å². The Kier molecular flexibility index (Phi) is 4.60. The number of thiophene rings is 1. The highest BCUT2D eigenvalue weighted by Gasteiger charge is 2.31. The topological polar surface area (TPSA) is 58.6 Å². The predicted octanol–water partition coefficient (Wildman–Crippen LogP) is 2.39. The fraction of sp³-hybridized carbons (Fsp3) is 0.611. The number of aromatic nitrogens is 2. The molecule has 2 aromatic rings. The number of hydrogen-bond acceptors (Lipinski definition) is 6. The smallest absolute Gasteiger partial charge is 0.251 e. The average Bonchev–Trinajstić information content (AvgIpc) is 3.30. The highest BCUT2D eigenvalue weighted by atomic mass is 32.1. The highest BCUT2D eigenvalue weighted by Crippen LogP contribution is 2.32. The molecule has 0 radical (unpaired) electrons. The Bertz CT molecular complexity index is 777. The molecule has 0 bridgehead atoms. The summed E-state index contributed by atoms with van der Waals surface area (Å²) in [6.45, 7) is 7.91. The summed E-state index contributed by atoms with van der Waals surface area (Å²) < 4.78 is 5.54. The van der Waals surface area contributed by atoms with Crippen LogP contribution in [0.15, 0.2) is 6.07 Å². The summed E-state index contributed by atoms with van der Waals surface area (Å²) in [5.41, 5.74) is 0. The summed E-state index contributed by atoms with van der Waals surface area (Å²) in [7, 11) is 0. The summed E-state index contributed by atoms with van der Waals surface area (Å²) >= 11 is 1.75. The molecule has 0 spiro atoms. The molecule has 2 aliphatic rings. The number of rotatable bonds is 3. The number of nitrogens with zero attached hydrogens (tertiary/aromatic N) is 4. The summed E-state index contributed by atoms with van der Waals surface area (Å²) in [4.78, 5) is 28.5. The fourth-order valence-electron chi connectivity index (χ4n) is 3.59. The zero-order valence-corrected chi connectivity index (χ0v) is 15.6. The van der Waals surface area contributed by atoms with Crippen molar-refractivity contribution in [2.75, 3.05) is 37.7 Å². The molecule has 2 saturated heterocycles. The van der Waals surface area contributed by atoms with Gasteiger partial charge in [-0.2, -0.15) is 0 Å². The van der Waals surface area contributed by atoms with E-state index in [1.165, 1.54) is 4.88 Å². The number of aryl methyl sites for hydroxylation is 2. The Hall–Kier alpha value is -1.73. The van der Waals surface area contributed by atoms with Gasteiger partial charge in [0.15, 0.2) is 0 Å². The van der Waals surface area contributed by atoms with Crippen LogP contribution in [0.3, 0.4) is 0 Å². The summed E-state index contributed by atoms with van der Waals surface area (Å²) in [5, 5.41) is 1.14. The van der Waals surface area contributed by atoms with Crippen molar-refractivity contribution in [2.24, 2.45) is 0 Å². The molecule has 4 heterocycles. The van der Waals surface area contributed by atoms with Crippen LogP contribution in [0, 0.1) is 6.92 Å². The van der Waals surface area contributed by atoms with E-state index < -0.39 is 0 Å². The Morgan fingerprint density at radius 3 is 2.80 bits per heavy atom. The third-order valence-electron chi connectivity index (χ3n) is 4.98. The summed E-state index contributed by atoms with van der Waals surface area (Å²) in [6.07, 6.45) is 2.65. The Morgan fingerprint density at radius 1 is 1.32 bits per heavy atom. The van der Waals surface area contributed by atoms with Gasteiger partial charge in [0, 0.05) is 37.7 Å². The van der Waals surface area contributed by atoms with Crippen LogP contribution in [0.2, 0.25) is 0 Å². The van der Waals surface area contributed by atoms with E-state index in [-0.39, 0.29) is 12.0 Å². The summed E-state index contributed by atoms with van der Waals surface area (Å²) in [5.74, 6) is 1.98. The molecule has 4 rings (SSSR count). The molecule has 2 fully saturated rings. The third-order valence-corrected chi connectivity index (χ3v) is 6.15. The van der Waals surface area contributed by atoms with Gasteiger partial charge in [-0.15, -0.1) is 11.3 Å². The third kappa shape index (κ3) is 3.22. The lowest BCUT2D eigenvalue weighted by atomic mass is 10.2. The molecule has 134 valence electrons. The molecule has 0 aliphatic carbocycles. The van der Waals surface area contributed by atoms with Crippen molar-refractivity contribution in [3.63, 3.8) is 0 Å². The van der Waals surface area contributed by atoms with Gasteiger partial charge in [0.25, 0.3) is 5.91 Å². The predicted molar refractivity (Wildman–Crippen MR) is 99.3 cm³/mol. The molecule has 2 aliphatic heterocycles. The maximum atomic E-state index is 12.5. The first-order valence-electron chi connectivity index (χ1n) is 9.08. The molecular formula is C18H24N4O2S. The second-order valence-electron chi connectivity index (χ2n) is 6.69. The van der Waals surface area contributed by atoms with Crippen LogP contribution in [0.1, 0.15) is 30.5 Å². The second-order valence-corrected chi connectivity index (χ2v) is 7.81. The highest BCUT2D eigenvalue weighted by molar-refractivity contribution is 7.18. The van der Waals surface area contributed by atoms with Crippen LogP contribution >= 0.6 is 11.3 Å². The van der Waals surface area contributed by atoms with Gasteiger partial charge in [-0.05, 0) is 32.3 Å². The molecule has 6 nitrogen and oxygen atoms in total. The Balaban J connectivity index is 1.51. The van der Waals surface area contributed by atoms with Gasteiger partial charge in [-0.3, -0.25) is 4.79 Å². The zero-order chi connectivity index (χ0) is 17.4. The number of carbonyl (C=O) groups is 1. The molecule has 1 unspecified atom stereocenters. The number of carbonyl (C=O) groups excluding carboxylic acids is 1. The van der Waals surface area contributed by atoms with E-state index in [2.05, 4.69) is 22.9 Å². The number of piperazine rings is 1. The van der Waals surface area contributed by atoms with Crippen LogP contribution in [-0.4, -0.2) is 59.7 Å². The number of hydrogen-bond donors (Lipinski definition) is 0. The molecule has 1 atom stereocenters. The molecule has 0 N–H and O–H groups in total. The molecule has 25 heavy (non-hydrogen) atoms. The molecule has 1 amide bonds. The lowest BCUT2D eigenvalue weighted by molar-refractivity contribution is -0.141. The van der Waals surface area contributed by atoms with Gasteiger partial charge in [-0.1, -0.05) is 6.92 Å². The van der Waals surface area contributed by atoms with Gasteiger partial charge >= 0.3 is 0 Å². The minimum absolute atomic E-state index is 0.157. The summed E-state index contributed by atoms with van der Waals surface area (Å²) in [6, 6.07) is 2.22. The van der Waals surface area contributed by atoms with Crippen LogP contribution in [0.25, 0.3) is 10.2 Å². The van der Waals surface area contributed by atoms with Gasteiger partial charge in [0.1, 0.15) is 22.6 Å². The van der Waals surface area contributed by atoms with Crippen molar-refractivity contribution in [1.82, 2.24) is 14.9 Å². The number of fused-ring (bicyclic) bond motifs is 1. The van der Waals surface area contributed by atoms with Crippen LogP contribution in [0.5, 0.6) is 0 Å². The van der Waals surface area contributed by atoms with Crippen LogP contribution in [0.4, 0.5) is 5.82 Å². The van der Waals surface area contributed by atoms with Crippen molar-refractivity contribution in [2.45, 2.75) is 39.2 Å². The van der Waals surface area contributed by atoms with Crippen molar-refractivity contribution in [3.05, 3.63) is 16.8 Å². The first kappa shape index (κ1) is 16.7. The van der Waals surface area contributed by atoms with Gasteiger partial charge in [-0.25, -0.2) is 9.97 Å². The molecule has 0 aromatic carbocycles. The largest absolute Gasteiger partial charge is 0.368 e. The standard InChI is InChI=1S/C18H24N4O2S/c1-3-13-11-14-16(19-12(2)20-17(14)25-13)21-6-8-22(9-7-21)18(23)15-5-4-10-24-15/h11,15H,3-10H2,1-2H3. The van der Waals surface area contributed by atoms with E-state index in [1.54, 1.807) is 11.3 Å².